The summed E-state index contributed by atoms with van der Waals surface area (Å²) >= 11 is 0. The first-order valence-electron chi connectivity index (χ1n) is 7.32. The van der Waals surface area contributed by atoms with Crippen LogP contribution in [0.1, 0.15) is 11.1 Å². The maximum absolute atomic E-state index is 4.75. The average molecular weight is 328 g/mol. The molecule has 0 atom stereocenters. The molecular weight excluding hydrogens is 308 g/mol. The van der Waals surface area contributed by atoms with Crippen molar-refractivity contribution in [3.63, 3.8) is 0 Å². The summed E-state index contributed by atoms with van der Waals surface area (Å²) in [5.74, 6) is 0. The molecule has 0 fully saturated rings. The first-order valence-corrected chi connectivity index (χ1v) is 7.32. The van der Waals surface area contributed by atoms with Crippen LogP contribution in [-0.4, -0.2) is 27.0 Å². The summed E-state index contributed by atoms with van der Waals surface area (Å²) in [5, 5.41) is 0. The highest BCUT2D eigenvalue weighted by Crippen LogP contribution is 2.40. The van der Waals surface area contributed by atoms with E-state index in [9.17, 15) is 0 Å². The van der Waals surface area contributed by atoms with Gasteiger partial charge in [-0.1, -0.05) is 24.3 Å². The average Bonchev–Trinajstić information content (AvgIpc) is 2.57. The second kappa shape index (κ2) is 8.81. The van der Waals surface area contributed by atoms with Crippen molar-refractivity contribution in [3.05, 3.63) is 47.5 Å². The first-order chi connectivity index (χ1) is 11.7. The predicted molar refractivity (Wildman–Crippen MR) is 93.8 cm³/mol. The molecule has 6 nitrogen and oxygen atoms in total. The Balaban J connectivity index is 2.59. The molecule has 24 heavy (non-hydrogen) atoms. The van der Waals surface area contributed by atoms with Gasteiger partial charge in [0.2, 0.25) is 12.8 Å². The predicted octanol–water partition coefficient (Wildman–Crippen LogP) is 4.45. The molecule has 0 aromatic heterocycles. The Kier molecular flexibility index (Phi) is 6.48. The molecule has 2 rings (SSSR count). The normalized spacial score (nSPS) is 11.3. The molecule has 0 amide bonds. The third kappa shape index (κ3) is 4.18. The largest absolute Gasteiger partial charge is 0.325 e. The van der Waals surface area contributed by atoms with Crippen LogP contribution >= 0.6 is 0 Å². The fourth-order valence-corrected chi connectivity index (χ4v) is 2.41. The van der Waals surface area contributed by atoms with Crippen molar-refractivity contribution in [2.24, 2.45) is 9.98 Å². The van der Waals surface area contributed by atoms with E-state index in [1.165, 1.54) is 27.0 Å². The minimum Gasteiger partial charge on any atom is -0.325 e. The van der Waals surface area contributed by atoms with E-state index < -0.39 is 0 Å². The fraction of sp³-hybridized carbons (Fsp3) is 0.222. The van der Waals surface area contributed by atoms with Crippen molar-refractivity contribution in [2.75, 3.05) is 14.2 Å². The van der Waals surface area contributed by atoms with Crippen molar-refractivity contribution in [1.82, 2.24) is 0 Å². The monoisotopic (exact) mass is 328 g/mol. The van der Waals surface area contributed by atoms with Crippen molar-refractivity contribution >= 4 is 24.2 Å². The third-order valence-corrected chi connectivity index (χ3v) is 3.41. The van der Waals surface area contributed by atoms with Crippen LogP contribution in [0.3, 0.4) is 0 Å². The lowest BCUT2D eigenvalue weighted by atomic mass is 9.93. The van der Waals surface area contributed by atoms with Gasteiger partial charge in [-0.3, -0.25) is 0 Å². The number of nitrogens with zero attached hydrogens (tertiary/aromatic N) is 2. The van der Waals surface area contributed by atoms with Gasteiger partial charge >= 0.3 is 0 Å². The molecule has 2 aromatic rings. The van der Waals surface area contributed by atoms with Gasteiger partial charge in [0.15, 0.2) is 0 Å². The quantitative estimate of drug-likeness (QED) is 0.326. The van der Waals surface area contributed by atoms with Crippen LogP contribution < -0.4 is 0 Å². The third-order valence-electron chi connectivity index (χ3n) is 3.41. The van der Waals surface area contributed by atoms with E-state index in [1.807, 2.05) is 50.2 Å². The second-order valence-corrected chi connectivity index (χ2v) is 4.93. The lowest BCUT2D eigenvalue weighted by molar-refractivity contribution is -0.187. The van der Waals surface area contributed by atoms with E-state index in [-0.39, 0.29) is 0 Å². The number of benzene rings is 2. The molecule has 126 valence electrons. The maximum Gasteiger partial charge on any atom is 0.219 e. The molecule has 0 radical (unpaired) electrons. The zero-order valence-corrected chi connectivity index (χ0v) is 14.1. The summed E-state index contributed by atoms with van der Waals surface area (Å²) in [7, 11) is 2.85. The summed E-state index contributed by atoms with van der Waals surface area (Å²) in [6.07, 6.45) is 2.51. The number of hydrogen-bond acceptors (Lipinski definition) is 6. The molecule has 2 aromatic carbocycles. The van der Waals surface area contributed by atoms with E-state index in [0.717, 1.165) is 33.6 Å². The van der Waals surface area contributed by atoms with Crippen LogP contribution in [0.15, 0.2) is 46.4 Å². The van der Waals surface area contributed by atoms with E-state index in [4.69, 9.17) is 9.78 Å². The van der Waals surface area contributed by atoms with Gasteiger partial charge in [-0.15, -0.1) is 0 Å². The maximum atomic E-state index is 4.75. The summed E-state index contributed by atoms with van der Waals surface area (Å²) in [4.78, 5) is 27.3. The van der Waals surface area contributed by atoms with Gasteiger partial charge in [-0.2, -0.15) is 9.78 Å². The van der Waals surface area contributed by atoms with Crippen LogP contribution in [0, 0.1) is 13.8 Å². The van der Waals surface area contributed by atoms with E-state index in [0.29, 0.717) is 0 Å². The van der Waals surface area contributed by atoms with E-state index in [1.54, 1.807) is 0 Å². The minimum absolute atomic E-state index is 0.755. The van der Waals surface area contributed by atoms with Crippen molar-refractivity contribution < 1.29 is 19.6 Å². The fourth-order valence-electron chi connectivity index (χ4n) is 2.41. The number of hydrogen-bond donors (Lipinski definition) is 0. The smallest absolute Gasteiger partial charge is 0.219 e. The molecule has 0 heterocycles. The summed E-state index contributed by atoms with van der Waals surface area (Å²) in [6, 6.07) is 11.7. The van der Waals surface area contributed by atoms with Crippen LogP contribution in [0.5, 0.6) is 0 Å². The van der Waals surface area contributed by atoms with Crippen LogP contribution in [0.25, 0.3) is 11.1 Å². The molecule has 0 saturated heterocycles. The van der Waals surface area contributed by atoms with Crippen LogP contribution in [0.2, 0.25) is 0 Å². The van der Waals surface area contributed by atoms with Crippen molar-refractivity contribution in [1.29, 1.82) is 0 Å². The zero-order chi connectivity index (χ0) is 17.4. The Morgan fingerprint density at radius 2 is 1.12 bits per heavy atom. The number of aliphatic imine (C=N–C) groups is 2. The molecule has 0 saturated carbocycles. The Morgan fingerprint density at radius 3 is 1.50 bits per heavy atom. The molecule has 0 bridgehead atoms. The Morgan fingerprint density at radius 1 is 0.708 bits per heavy atom. The van der Waals surface area contributed by atoms with Gasteiger partial charge in [-0.05, 0) is 37.1 Å². The highest BCUT2D eigenvalue weighted by Gasteiger charge is 2.14. The highest BCUT2D eigenvalue weighted by molar-refractivity contribution is 5.89. The molecule has 0 N–H and O–H groups in total. The Hall–Kier alpha value is -2.70. The van der Waals surface area contributed by atoms with Gasteiger partial charge in [-0.25, -0.2) is 9.98 Å². The lowest BCUT2D eigenvalue weighted by Crippen LogP contribution is -1.91. The van der Waals surface area contributed by atoms with E-state index >= 15 is 0 Å². The lowest BCUT2D eigenvalue weighted by Gasteiger charge is -2.14. The topological polar surface area (TPSA) is 61.6 Å². The van der Waals surface area contributed by atoms with Gasteiger partial charge < -0.3 is 9.78 Å². The molecule has 6 heteroatoms. The zero-order valence-electron chi connectivity index (χ0n) is 14.1. The highest BCUT2D eigenvalue weighted by atomic mass is 17.2. The molecule has 0 spiro atoms. The van der Waals surface area contributed by atoms with Gasteiger partial charge in [0, 0.05) is 11.1 Å². The SMILES string of the molecule is COOC=Nc1cccc(C)c1-c1c(C)cccc1N=COOC. The molecule has 0 unspecified atom stereocenters. The van der Waals surface area contributed by atoms with Gasteiger partial charge in [0.25, 0.3) is 0 Å². The molecular formula is C18H20N2O4. The summed E-state index contributed by atoms with van der Waals surface area (Å²) in [6.45, 7) is 4.05. The molecule has 0 aliphatic rings. The molecule has 0 aliphatic carbocycles. The van der Waals surface area contributed by atoms with Crippen molar-refractivity contribution in [2.45, 2.75) is 13.8 Å². The second-order valence-electron chi connectivity index (χ2n) is 4.93. The van der Waals surface area contributed by atoms with Gasteiger partial charge in [0.1, 0.15) is 0 Å². The van der Waals surface area contributed by atoms with Crippen LogP contribution in [0.4, 0.5) is 11.4 Å². The van der Waals surface area contributed by atoms with Crippen molar-refractivity contribution in [3.8, 4) is 11.1 Å². The van der Waals surface area contributed by atoms with E-state index in [2.05, 4.69) is 19.8 Å². The first kappa shape index (κ1) is 17.7. The minimum atomic E-state index is 0.755. The standard InChI is InChI=1S/C18H20N2O4/c1-13-7-5-9-15(19-11-23-21-3)17(13)18-14(2)8-6-10-16(18)20-12-24-22-4/h5-12H,1-4H3. The number of aryl methyl sites for hydroxylation is 2. The Labute approximate surface area is 141 Å². The molecule has 0 aliphatic heterocycles. The summed E-state index contributed by atoms with van der Waals surface area (Å²) in [5.41, 5.74) is 5.59. The number of rotatable bonds is 7. The van der Waals surface area contributed by atoms with Gasteiger partial charge in [0.05, 0.1) is 25.6 Å². The van der Waals surface area contributed by atoms with Crippen LogP contribution in [-0.2, 0) is 19.6 Å². The summed E-state index contributed by atoms with van der Waals surface area (Å²) < 4.78 is 0. The Bertz CT molecular complexity index is 678.